The van der Waals surface area contributed by atoms with Crippen molar-refractivity contribution in [3.63, 3.8) is 0 Å². The molecule has 1 aliphatic carbocycles. The van der Waals surface area contributed by atoms with E-state index >= 15 is 0 Å². The molecule has 1 rings (SSSR count). The predicted octanol–water partition coefficient (Wildman–Crippen LogP) is 1.95. The smallest absolute Gasteiger partial charge is 0.295 e. The van der Waals surface area contributed by atoms with Crippen molar-refractivity contribution in [2.24, 2.45) is 5.92 Å². The van der Waals surface area contributed by atoms with Crippen LogP contribution in [0.1, 0.15) is 32.6 Å². The number of rotatable bonds is 3. The Hall–Kier alpha value is -1.11. The van der Waals surface area contributed by atoms with E-state index in [4.69, 9.17) is 0 Å². The Balaban J connectivity index is 2.25. The van der Waals surface area contributed by atoms with Crippen LogP contribution in [0.3, 0.4) is 0 Å². The Labute approximate surface area is 88.4 Å². The van der Waals surface area contributed by atoms with Gasteiger partial charge in [0.25, 0.3) is 11.8 Å². The van der Waals surface area contributed by atoms with Crippen LogP contribution in [0.5, 0.6) is 0 Å². The van der Waals surface area contributed by atoms with Gasteiger partial charge in [-0.05, 0) is 32.1 Å². The summed E-state index contributed by atoms with van der Waals surface area (Å²) >= 11 is 0. The summed E-state index contributed by atoms with van der Waals surface area (Å²) in [4.78, 5) is 10.9. The van der Waals surface area contributed by atoms with Gasteiger partial charge in [0, 0.05) is 18.9 Å². The molecular formula is C11H15F2NO. The van der Waals surface area contributed by atoms with Crippen LogP contribution in [0.25, 0.3) is 0 Å². The second-order valence-corrected chi connectivity index (χ2v) is 3.77. The Morgan fingerprint density at radius 1 is 1.60 bits per heavy atom. The van der Waals surface area contributed by atoms with Gasteiger partial charge in [0.1, 0.15) is 0 Å². The molecule has 0 spiro atoms. The molecule has 1 saturated carbocycles. The Kier molecular flexibility index (Phi) is 4.07. The summed E-state index contributed by atoms with van der Waals surface area (Å²) in [6.07, 6.45) is 1.47. The largest absolute Gasteiger partial charge is 0.345 e. The SMILES string of the molecule is CC#CC(=O)NCCC1CCCC1(F)F. The van der Waals surface area contributed by atoms with E-state index < -0.39 is 11.8 Å². The van der Waals surface area contributed by atoms with Crippen molar-refractivity contribution < 1.29 is 13.6 Å². The van der Waals surface area contributed by atoms with Gasteiger partial charge in [-0.15, -0.1) is 0 Å². The maximum atomic E-state index is 13.1. The summed E-state index contributed by atoms with van der Waals surface area (Å²) in [5.41, 5.74) is 0. The molecule has 0 aromatic heterocycles. The molecule has 1 unspecified atom stereocenters. The molecule has 0 saturated heterocycles. The minimum absolute atomic E-state index is 0.0135. The zero-order valence-electron chi connectivity index (χ0n) is 8.78. The van der Waals surface area contributed by atoms with E-state index in [1.165, 1.54) is 0 Å². The van der Waals surface area contributed by atoms with E-state index in [1.54, 1.807) is 6.92 Å². The third-order valence-electron chi connectivity index (χ3n) is 2.68. The third kappa shape index (κ3) is 3.50. The zero-order valence-corrected chi connectivity index (χ0v) is 8.78. The number of amides is 1. The highest BCUT2D eigenvalue weighted by Gasteiger charge is 2.42. The lowest BCUT2D eigenvalue weighted by atomic mass is 10.0. The Morgan fingerprint density at radius 2 is 2.33 bits per heavy atom. The lowest BCUT2D eigenvalue weighted by Gasteiger charge is -2.18. The van der Waals surface area contributed by atoms with Crippen LogP contribution in [0, 0.1) is 17.8 Å². The van der Waals surface area contributed by atoms with Crippen LogP contribution in [-0.2, 0) is 4.79 Å². The molecule has 1 atom stereocenters. The van der Waals surface area contributed by atoms with E-state index in [-0.39, 0.29) is 18.9 Å². The summed E-state index contributed by atoms with van der Waals surface area (Å²) in [6.45, 7) is 1.85. The van der Waals surface area contributed by atoms with Crippen molar-refractivity contribution in [1.82, 2.24) is 5.32 Å². The van der Waals surface area contributed by atoms with Crippen LogP contribution in [0.15, 0.2) is 0 Å². The van der Waals surface area contributed by atoms with Crippen molar-refractivity contribution in [3.05, 3.63) is 0 Å². The third-order valence-corrected chi connectivity index (χ3v) is 2.68. The number of carbonyl (C=O) groups excluding carboxylic acids is 1. The molecule has 1 fully saturated rings. The topological polar surface area (TPSA) is 29.1 Å². The van der Waals surface area contributed by atoms with Crippen molar-refractivity contribution in [1.29, 1.82) is 0 Å². The van der Waals surface area contributed by atoms with Crippen LogP contribution in [0.4, 0.5) is 8.78 Å². The van der Waals surface area contributed by atoms with Crippen molar-refractivity contribution in [2.75, 3.05) is 6.54 Å². The first-order valence-electron chi connectivity index (χ1n) is 5.14. The van der Waals surface area contributed by atoms with E-state index in [9.17, 15) is 13.6 Å². The molecular weight excluding hydrogens is 200 g/mol. The molecule has 2 nitrogen and oxygen atoms in total. The predicted molar refractivity (Wildman–Crippen MR) is 53.4 cm³/mol. The highest BCUT2D eigenvalue weighted by molar-refractivity contribution is 5.93. The molecule has 4 heteroatoms. The standard InChI is InChI=1S/C11H15F2NO/c1-2-4-10(15)14-8-6-9-5-3-7-11(9,12)13/h9H,3,5-8H2,1H3,(H,14,15). The molecule has 0 aromatic carbocycles. The summed E-state index contributed by atoms with van der Waals surface area (Å²) in [6, 6.07) is 0. The monoisotopic (exact) mass is 215 g/mol. The second-order valence-electron chi connectivity index (χ2n) is 3.77. The van der Waals surface area contributed by atoms with E-state index in [1.807, 2.05) is 0 Å². The van der Waals surface area contributed by atoms with Gasteiger partial charge in [-0.2, -0.15) is 0 Å². The maximum Gasteiger partial charge on any atom is 0.295 e. The highest BCUT2D eigenvalue weighted by atomic mass is 19.3. The van der Waals surface area contributed by atoms with Crippen molar-refractivity contribution >= 4 is 5.91 Å². The molecule has 0 aliphatic heterocycles. The fourth-order valence-corrected chi connectivity index (χ4v) is 1.87. The number of halogens is 2. The number of hydrogen-bond acceptors (Lipinski definition) is 1. The number of carbonyl (C=O) groups is 1. The van der Waals surface area contributed by atoms with Gasteiger partial charge < -0.3 is 5.32 Å². The number of alkyl halides is 2. The number of nitrogens with one attached hydrogen (secondary N) is 1. The molecule has 0 bridgehead atoms. The van der Waals surface area contributed by atoms with Gasteiger partial charge in [0.05, 0.1) is 0 Å². The van der Waals surface area contributed by atoms with Crippen LogP contribution >= 0.6 is 0 Å². The lowest BCUT2D eigenvalue weighted by Crippen LogP contribution is -2.29. The molecule has 15 heavy (non-hydrogen) atoms. The van der Waals surface area contributed by atoms with Gasteiger partial charge in [0.2, 0.25) is 0 Å². The van der Waals surface area contributed by atoms with Crippen LogP contribution < -0.4 is 5.32 Å². The molecule has 0 aromatic rings. The molecule has 84 valence electrons. The Bertz CT molecular complexity index is 291. The molecule has 0 heterocycles. The zero-order chi connectivity index (χ0) is 11.3. The normalized spacial score (nSPS) is 23.0. The first-order valence-corrected chi connectivity index (χ1v) is 5.14. The molecule has 1 amide bonds. The first kappa shape index (κ1) is 12.0. The fourth-order valence-electron chi connectivity index (χ4n) is 1.87. The van der Waals surface area contributed by atoms with Crippen LogP contribution in [0.2, 0.25) is 0 Å². The minimum atomic E-state index is -2.54. The van der Waals surface area contributed by atoms with Gasteiger partial charge in [-0.25, -0.2) is 8.78 Å². The van der Waals surface area contributed by atoms with E-state index in [2.05, 4.69) is 17.2 Å². The van der Waals surface area contributed by atoms with Crippen molar-refractivity contribution in [3.8, 4) is 11.8 Å². The van der Waals surface area contributed by atoms with Gasteiger partial charge in [-0.3, -0.25) is 4.79 Å². The minimum Gasteiger partial charge on any atom is -0.345 e. The molecule has 1 N–H and O–H groups in total. The van der Waals surface area contributed by atoms with E-state index in [0.29, 0.717) is 19.3 Å². The van der Waals surface area contributed by atoms with E-state index in [0.717, 1.165) is 0 Å². The maximum absolute atomic E-state index is 13.1. The number of hydrogen-bond donors (Lipinski definition) is 1. The summed E-state index contributed by atoms with van der Waals surface area (Å²) in [5, 5.41) is 2.50. The first-order chi connectivity index (χ1) is 7.06. The Morgan fingerprint density at radius 3 is 2.87 bits per heavy atom. The molecule has 0 radical (unpaired) electrons. The second kappa shape index (κ2) is 5.11. The quantitative estimate of drug-likeness (QED) is 0.716. The van der Waals surface area contributed by atoms with Gasteiger partial charge in [-0.1, -0.05) is 5.92 Å². The molecule has 1 aliphatic rings. The summed E-state index contributed by atoms with van der Waals surface area (Å²) in [7, 11) is 0. The highest BCUT2D eigenvalue weighted by Crippen LogP contribution is 2.41. The lowest BCUT2D eigenvalue weighted by molar-refractivity contribution is -0.115. The van der Waals surface area contributed by atoms with Gasteiger partial charge >= 0.3 is 0 Å². The average Bonchev–Trinajstić information content (AvgIpc) is 2.46. The van der Waals surface area contributed by atoms with Gasteiger partial charge in [0.15, 0.2) is 0 Å². The fraction of sp³-hybridized carbons (Fsp3) is 0.727. The average molecular weight is 215 g/mol. The van der Waals surface area contributed by atoms with Crippen molar-refractivity contribution in [2.45, 2.75) is 38.5 Å². The van der Waals surface area contributed by atoms with Crippen LogP contribution in [-0.4, -0.2) is 18.4 Å². The summed E-state index contributed by atoms with van der Waals surface area (Å²) < 4.78 is 26.3. The summed E-state index contributed by atoms with van der Waals surface area (Å²) in [5.74, 6) is 1.25.